The van der Waals surface area contributed by atoms with Gasteiger partial charge >= 0.3 is 0 Å². The number of pyridine rings is 2. The van der Waals surface area contributed by atoms with Gasteiger partial charge in [-0.1, -0.05) is 0 Å². The number of hydrogen-bond donors (Lipinski definition) is 1. The number of nitriles is 1. The highest BCUT2D eigenvalue weighted by Crippen LogP contribution is 2.31. The maximum Gasteiger partial charge on any atom is 0.268 e. The largest absolute Gasteiger partial charge is 0.343 e. The van der Waals surface area contributed by atoms with Crippen LogP contribution in [0.1, 0.15) is 16.8 Å². The molecule has 0 bridgehead atoms. The van der Waals surface area contributed by atoms with Gasteiger partial charge in [-0.05, 0) is 23.8 Å². The van der Waals surface area contributed by atoms with E-state index in [4.69, 9.17) is 5.26 Å². The first-order valence-electron chi connectivity index (χ1n) is 8.11. The molecule has 2 aromatic rings. The lowest BCUT2D eigenvalue weighted by Crippen LogP contribution is -2.43. The van der Waals surface area contributed by atoms with E-state index < -0.39 is 43.3 Å². The molecule has 1 saturated heterocycles. The fourth-order valence-electron chi connectivity index (χ4n) is 2.90. The van der Waals surface area contributed by atoms with E-state index in [0.29, 0.717) is 5.56 Å². The number of alkyl halides is 2. The van der Waals surface area contributed by atoms with Crippen LogP contribution in [0, 0.1) is 11.3 Å². The fourth-order valence-corrected chi connectivity index (χ4v) is 2.90. The molecular weight excluding hydrogens is 356 g/mol. The van der Waals surface area contributed by atoms with Gasteiger partial charge in [0.05, 0.1) is 24.7 Å². The number of nitrogens with one attached hydrogen (secondary N) is 1. The lowest BCUT2D eigenvalue weighted by Gasteiger charge is -2.19. The van der Waals surface area contributed by atoms with E-state index in [-0.39, 0.29) is 5.56 Å². The van der Waals surface area contributed by atoms with Crippen LogP contribution in [0.2, 0.25) is 0 Å². The van der Waals surface area contributed by atoms with Crippen LogP contribution in [-0.2, 0) is 4.79 Å². The van der Waals surface area contributed by atoms with Crippen molar-refractivity contribution in [3.05, 3.63) is 48.5 Å². The summed E-state index contributed by atoms with van der Waals surface area (Å²) >= 11 is 0. The number of hydrogen-bond acceptors (Lipinski definition) is 5. The van der Waals surface area contributed by atoms with Crippen molar-refractivity contribution >= 4 is 11.8 Å². The topological polar surface area (TPSA) is 99.0 Å². The van der Waals surface area contributed by atoms with Gasteiger partial charge in [0.1, 0.15) is 6.04 Å². The van der Waals surface area contributed by atoms with Crippen LogP contribution in [0.15, 0.2) is 43.0 Å². The van der Waals surface area contributed by atoms with Crippen molar-refractivity contribution in [2.45, 2.75) is 18.4 Å². The molecule has 9 heteroatoms. The first-order chi connectivity index (χ1) is 12.9. The molecule has 1 N–H and O–H groups in total. The van der Waals surface area contributed by atoms with Crippen LogP contribution < -0.4 is 5.32 Å². The number of carbonyl (C=O) groups is 2. The van der Waals surface area contributed by atoms with Gasteiger partial charge < -0.3 is 10.2 Å². The number of carbonyl (C=O) groups excluding carboxylic acids is 2. The van der Waals surface area contributed by atoms with E-state index >= 15 is 0 Å². The molecule has 138 valence electrons. The first-order valence-corrected chi connectivity index (χ1v) is 8.11. The summed E-state index contributed by atoms with van der Waals surface area (Å²) in [6.45, 7) is -1.30. The Morgan fingerprint density at radius 1 is 1.26 bits per heavy atom. The summed E-state index contributed by atoms with van der Waals surface area (Å²) < 4.78 is 26.9. The quantitative estimate of drug-likeness (QED) is 0.881. The smallest absolute Gasteiger partial charge is 0.268 e. The van der Waals surface area contributed by atoms with Gasteiger partial charge in [0.25, 0.3) is 11.8 Å². The highest BCUT2D eigenvalue weighted by atomic mass is 19.3. The third-order valence-corrected chi connectivity index (χ3v) is 4.20. The van der Waals surface area contributed by atoms with E-state index in [1.807, 2.05) is 0 Å². The maximum absolute atomic E-state index is 13.5. The zero-order chi connectivity index (χ0) is 19.4. The van der Waals surface area contributed by atoms with Crippen molar-refractivity contribution in [3.8, 4) is 17.2 Å². The Bertz CT molecular complexity index is 898. The standard InChI is InChI=1S/C18H15F2N5O2/c19-18(20)7-13(8-21)25(11-18)16(26)10-24-17(27)14-3-6-23-9-15(14)12-1-4-22-5-2-12/h1-6,9,13H,7,10-11H2,(H,24,27). The number of aromatic nitrogens is 2. The van der Waals surface area contributed by atoms with Gasteiger partial charge in [0.15, 0.2) is 0 Å². The molecule has 0 aromatic carbocycles. The zero-order valence-electron chi connectivity index (χ0n) is 14.1. The Morgan fingerprint density at radius 2 is 1.96 bits per heavy atom. The molecule has 0 aliphatic carbocycles. The zero-order valence-corrected chi connectivity index (χ0v) is 14.1. The first kappa shape index (κ1) is 18.4. The highest BCUT2D eigenvalue weighted by molar-refractivity contribution is 6.02. The Morgan fingerprint density at radius 3 is 2.67 bits per heavy atom. The molecule has 1 aliphatic rings. The third-order valence-electron chi connectivity index (χ3n) is 4.20. The normalized spacial score (nSPS) is 18.0. The molecule has 1 unspecified atom stereocenters. The van der Waals surface area contributed by atoms with Gasteiger partial charge in [-0.2, -0.15) is 5.26 Å². The van der Waals surface area contributed by atoms with Crippen LogP contribution in [-0.4, -0.2) is 51.7 Å². The number of likely N-dealkylation sites (tertiary alicyclic amines) is 1. The van der Waals surface area contributed by atoms with Crippen LogP contribution >= 0.6 is 0 Å². The van der Waals surface area contributed by atoms with Gasteiger partial charge in [-0.3, -0.25) is 19.6 Å². The van der Waals surface area contributed by atoms with Crippen molar-refractivity contribution in [2.75, 3.05) is 13.1 Å². The van der Waals surface area contributed by atoms with Crippen LogP contribution in [0.3, 0.4) is 0 Å². The van der Waals surface area contributed by atoms with E-state index in [1.165, 1.54) is 18.5 Å². The fraction of sp³-hybridized carbons (Fsp3) is 0.278. The molecular formula is C18H15F2N5O2. The summed E-state index contributed by atoms with van der Waals surface area (Å²) in [5, 5.41) is 11.4. The predicted molar refractivity (Wildman–Crippen MR) is 90.5 cm³/mol. The summed E-state index contributed by atoms with van der Waals surface area (Å²) in [6.07, 6.45) is 5.40. The second-order valence-corrected chi connectivity index (χ2v) is 6.07. The summed E-state index contributed by atoms with van der Waals surface area (Å²) in [5.74, 6) is -4.37. The van der Waals surface area contributed by atoms with Gasteiger partial charge in [0.2, 0.25) is 5.91 Å². The number of rotatable bonds is 4. The summed E-state index contributed by atoms with van der Waals surface area (Å²) in [5.41, 5.74) is 1.55. The molecule has 1 atom stereocenters. The summed E-state index contributed by atoms with van der Waals surface area (Å²) in [6, 6.07) is 5.42. The van der Waals surface area contributed by atoms with Gasteiger partial charge in [-0.25, -0.2) is 8.78 Å². The molecule has 3 heterocycles. The van der Waals surface area contributed by atoms with Crippen molar-refractivity contribution in [1.29, 1.82) is 5.26 Å². The Hall–Kier alpha value is -3.41. The molecule has 27 heavy (non-hydrogen) atoms. The second-order valence-electron chi connectivity index (χ2n) is 6.07. The molecule has 1 aliphatic heterocycles. The number of halogens is 2. The molecule has 0 spiro atoms. The van der Waals surface area contributed by atoms with Crippen molar-refractivity contribution in [2.24, 2.45) is 0 Å². The minimum absolute atomic E-state index is 0.285. The molecule has 2 aromatic heterocycles. The molecule has 1 fully saturated rings. The van der Waals surface area contributed by atoms with Crippen LogP contribution in [0.4, 0.5) is 8.78 Å². The van der Waals surface area contributed by atoms with E-state index in [1.54, 1.807) is 30.6 Å². The predicted octanol–water partition coefficient (Wildman–Crippen LogP) is 1.63. The average Bonchev–Trinajstić information content (AvgIpc) is 3.01. The molecule has 0 radical (unpaired) electrons. The molecule has 2 amide bonds. The Balaban J connectivity index is 1.71. The van der Waals surface area contributed by atoms with Crippen molar-refractivity contribution < 1.29 is 18.4 Å². The highest BCUT2D eigenvalue weighted by Gasteiger charge is 2.47. The minimum Gasteiger partial charge on any atom is -0.343 e. The average molecular weight is 371 g/mol. The SMILES string of the molecule is N#CC1CC(F)(F)CN1C(=O)CNC(=O)c1ccncc1-c1ccncc1. The lowest BCUT2D eigenvalue weighted by atomic mass is 10.0. The maximum atomic E-state index is 13.5. The third kappa shape index (κ3) is 4.06. The van der Waals surface area contributed by atoms with E-state index in [0.717, 1.165) is 10.5 Å². The molecule has 3 rings (SSSR count). The number of nitrogens with zero attached hydrogens (tertiary/aromatic N) is 4. The minimum atomic E-state index is -3.10. The second kappa shape index (κ2) is 7.45. The van der Waals surface area contributed by atoms with E-state index in [9.17, 15) is 18.4 Å². The Kier molecular flexibility index (Phi) is 5.07. The summed E-state index contributed by atoms with van der Waals surface area (Å²) in [4.78, 5) is 33.4. The van der Waals surface area contributed by atoms with Crippen molar-refractivity contribution in [3.63, 3.8) is 0 Å². The lowest BCUT2D eigenvalue weighted by molar-refractivity contribution is -0.131. The summed E-state index contributed by atoms with van der Waals surface area (Å²) in [7, 11) is 0. The van der Waals surface area contributed by atoms with Crippen LogP contribution in [0.25, 0.3) is 11.1 Å². The molecule has 0 saturated carbocycles. The number of amides is 2. The van der Waals surface area contributed by atoms with Crippen molar-refractivity contribution in [1.82, 2.24) is 20.2 Å². The van der Waals surface area contributed by atoms with Gasteiger partial charge in [0, 0.05) is 36.8 Å². The monoisotopic (exact) mass is 371 g/mol. The molecule has 7 nitrogen and oxygen atoms in total. The van der Waals surface area contributed by atoms with Gasteiger partial charge in [-0.15, -0.1) is 0 Å². The van der Waals surface area contributed by atoms with E-state index in [2.05, 4.69) is 15.3 Å². The van der Waals surface area contributed by atoms with Crippen LogP contribution in [0.5, 0.6) is 0 Å². The Labute approximate surface area is 153 Å².